The van der Waals surface area contributed by atoms with Crippen LogP contribution in [-0.2, 0) is 10.8 Å². The molecule has 1 aliphatic carbocycles. The van der Waals surface area contributed by atoms with Gasteiger partial charge in [0, 0.05) is 70.2 Å². The Morgan fingerprint density at radius 2 is 0.960 bits per heavy atom. The van der Waals surface area contributed by atoms with Crippen molar-refractivity contribution in [3.05, 3.63) is 246 Å². The number of hydrogen-bond acceptors (Lipinski definition) is 5. The predicted molar refractivity (Wildman–Crippen MR) is 320 cm³/mol. The maximum atomic E-state index is 6.88. The molecule has 75 heavy (non-hydrogen) atoms. The summed E-state index contributed by atoms with van der Waals surface area (Å²) in [5, 5.41) is 7.65. The van der Waals surface area contributed by atoms with E-state index in [1.54, 1.807) is 0 Å². The molecule has 0 amide bonds. The van der Waals surface area contributed by atoms with Gasteiger partial charge in [0.25, 0.3) is 6.71 Å². The molecule has 0 saturated heterocycles. The molecule has 11 aromatic carbocycles. The van der Waals surface area contributed by atoms with Crippen LogP contribution >= 0.6 is 22.7 Å². The quantitative estimate of drug-likeness (QED) is 0.161. The minimum Gasteiger partial charge on any atom is -0.457 e. The third-order valence-corrected chi connectivity index (χ3v) is 19.5. The summed E-state index contributed by atoms with van der Waals surface area (Å²) in [6.45, 7) is 7.01. The van der Waals surface area contributed by atoms with E-state index in [2.05, 4.69) is 249 Å². The molecule has 2 aromatic heterocycles. The van der Waals surface area contributed by atoms with Crippen LogP contribution in [0.5, 0.6) is 11.5 Å². The first-order chi connectivity index (χ1) is 36.8. The van der Waals surface area contributed by atoms with E-state index in [4.69, 9.17) is 4.74 Å². The molecule has 0 atom stereocenters. The Labute approximate surface area is 443 Å². The summed E-state index contributed by atoms with van der Waals surface area (Å²) in [5.41, 5.74) is 19.2. The Kier molecular flexibility index (Phi) is 8.33. The van der Waals surface area contributed by atoms with Crippen molar-refractivity contribution in [2.75, 3.05) is 9.80 Å². The largest absolute Gasteiger partial charge is 0.457 e. The third-order valence-electron chi connectivity index (χ3n) is 17.0. The summed E-state index contributed by atoms with van der Waals surface area (Å²) >= 11 is 3.82. The molecule has 0 bridgehead atoms. The molecule has 0 fully saturated rings. The van der Waals surface area contributed by atoms with E-state index < -0.39 is 5.41 Å². The highest BCUT2D eigenvalue weighted by molar-refractivity contribution is 7.27. The van der Waals surface area contributed by atoms with Gasteiger partial charge in [-0.25, -0.2) is 0 Å². The summed E-state index contributed by atoms with van der Waals surface area (Å²) in [4.78, 5) is 5.36. The van der Waals surface area contributed by atoms with E-state index in [-0.39, 0.29) is 12.1 Å². The van der Waals surface area contributed by atoms with Crippen molar-refractivity contribution in [2.24, 2.45) is 0 Å². The van der Waals surface area contributed by atoms with Crippen LogP contribution in [0.25, 0.3) is 62.2 Å². The van der Waals surface area contributed by atoms with Crippen molar-refractivity contribution in [3.63, 3.8) is 0 Å². The van der Waals surface area contributed by atoms with Crippen molar-refractivity contribution >= 4 is 131 Å². The van der Waals surface area contributed by atoms with E-state index in [0.717, 1.165) is 11.5 Å². The topological polar surface area (TPSA) is 15.7 Å². The van der Waals surface area contributed by atoms with E-state index in [1.165, 1.54) is 141 Å². The molecule has 4 aliphatic rings. The molecule has 5 heterocycles. The first-order valence-corrected chi connectivity index (χ1v) is 27.7. The molecule has 0 radical (unpaired) electrons. The van der Waals surface area contributed by atoms with Gasteiger partial charge in [-0.1, -0.05) is 185 Å². The SMILES string of the molecule is CC(C)(C)c1cc2c3c(c1)N(c1cccc4c1sc1ccccc14)c1c(ccc4ccccc14)B3c1cc3c(cc1N2c1cccc2c1sc1ccccc12)-c1ccccc1C31c2ccccc2Oc2ccccc21. The molecule has 6 heteroatoms. The average Bonchev–Trinajstić information content (AvgIpc) is 4.31. The summed E-state index contributed by atoms with van der Waals surface area (Å²) in [5.74, 6) is 1.80. The van der Waals surface area contributed by atoms with Gasteiger partial charge < -0.3 is 14.5 Å². The Morgan fingerprint density at radius 1 is 0.413 bits per heavy atom. The van der Waals surface area contributed by atoms with E-state index >= 15 is 0 Å². The smallest absolute Gasteiger partial charge is 0.252 e. The van der Waals surface area contributed by atoms with Gasteiger partial charge in [-0.2, -0.15) is 0 Å². The Bertz CT molecular complexity index is 4630. The monoisotopic (exact) mass is 992 g/mol. The second kappa shape index (κ2) is 14.9. The molecule has 0 saturated carbocycles. The third kappa shape index (κ3) is 5.45. The number of benzene rings is 11. The lowest BCUT2D eigenvalue weighted by Crippen LogP contribution is -2.61. The maximum Gasteiger partial charge on any atom is 0.252 e. The zero-order valence-electron chi connectivity index (χ0n) is 41.5. The highest BCUT2D eigenvalue weighted by Crippen LogP contribution is 2.63. The highest BCUT2D eigenvalue weighted by Gasteiger charge is 2.53. The predicted octanol–water partition coefficient (Wildman–Crippen LogP) is 17.4. The van der Waals surface area contributed by atoms with Crippen LogP contribution in [0.3, 0.4) is 0 Å². The number of ether oxygens (including phenoxy) is 1. The number of rotatable bonds is 2. The lowest BCUT2D eigenvalue weighted by Gasteiger charge is -2.46. The lowest BCUT2D eigenvalue weighted by molar-refractivity contribution is 0.436. The summed E-state index contributed by atoms with van der Waals surface area (Å²) in [7, 11) is 0. The van der Waals surface area contributed by atoms with Gasteiger partial charge in [-0.05, 0) is 110 Å². The Morgan fingerprint density at radius 3 is 1.63 bits per heavy atom. The van der Waals surface area contributed by atoms with Crippen molar-refractivity contribution in [1.29, 1.82) is 0 Å². The lowest BCUT2D eigenvalue weighted by atomic mass is 9.33. The zero-order valence-corrected chi connectivity index (χ0v) is 43.1. The summed E-state index contributed by atoms with van der Waals surface area (Å²) < 4.78 is 12.1. The average molecular weight is 993 g/mol. The fourth-order valence-electron chi connectivity index (χ4n) is 13.9. The molecule has 352 valence electrons. The highest BCUT2D eigenvalue weighted by atomic mass is 32.1. The fourth-order valence-corrected chi connectivity index (χ4v) is 16.3. The van der Waals surface area contributed by atoms with Crippen LogP contribution in [0.4, 0.5) is 34.1 Å². The van der Waals surface area contributed by atoms with Crippen molar-refractivity contribution in [3.8, 4) is 22.6 Å². The van der Waals surface area contributed by atoms with Gasteiger partial charge in [-0.3, -0.25) is 0 Å². The van der Waals surface area contributed by atoms with Crippen LogP contribution in [0.1, 0.15) is 48.6 Å². The van der Waals surface area contributed by atoms with Crippen LogP contribution in [0, 0.1) is 0 Å². The second-order valence-corrected chi connectivity index (χ2v) is 24.0. The molecule has 0 N–H and O–H groups in total. The molecule has 17 rings (SSSR count). The van der Waals surface area contributed by atoms with Gasteiger partial charge in [-0.15, -0.1) is 22.7 Å². The van der Waals surface area contributed by atoms with Crippen molar-refractivity contribution in [2.45, 2.75) is 31.6 Å². The first-order valence-electron chi connectivity index (χ1n) is 26.1. The molecule has 3 nitrogen and oxygen atoms in total. The van der Waals surface area contributed by atoms with Crippen LogP contribution in [0.2, 0.25) is 0 Å². The van der Waals surface area contributed by atoms with Gasteiger partial charge in [0.2, 0.25) is 0 Å². The van der Waals surface area contributed by atoms with Crippen LogP contribution in [-0.4, -0.2) is 6.71 Å². The summed E-state index contributed by atoms with van der Waals surface area (Å²) in [6, 6.07) is 82.8. The molecule has 0 unspecified atom stereocenters. The fraction of sp³-hybridized carbons (Fsp3) is 0.0725. The number of thiophene rings is 2. The number of para-hydroxylation sites is 2. The minimum atomic E-state index is -0.633. The van der Waals surface area contributed by atoms with Gasteiger partial charge in [0.15, 0.2) is 0 Å². The van der Waals surface area contributed by atoms with Crippen LogP contribution < -0.4 is 30.9 Å². The van der Waals surface area contributed by atoms with E-state index in [9.17, 15) is 0 Å². The normalized spacial score (nSPS) is 14.5. The number of nitrogens with zero attached hydrogens (tertiary/aromatic N) is 2. The minimum absolute atomic E-state index is 0.120. The van der Waals surface area contributed by atoms with E-state index in [0.29, 0.717) is 0 Å². The molecule has 13 aromatic rings. The van der Waals surface area contributed by atoms with E-state index in [1.807, 2.05) is 22.7 Å². The molecule has 3 aliphatic heterocycles. The Hall–Kier alpha value is -8.42. The van der Waals surface area contributed by atoms with Crippen LogP contribution in [0.15, 0.2) is 218 Å². The number of hydrogen-bond donors (Lipinski definition) is 0. The first kappa shape index (κ1) is 42.0. The second-order valence-electron chi connectivity index (χ2n) is 21.9. The Balaban J connectivity index is 1.06. The van der Waals surface area contributed by atoms with Crippen molar-refractivity contribution in [1.82, 2.24) is 0 Å². The number of anilines is 6. The molecular weight excluding hydrogens is 948 g/mol. The van der Waals surface area contributed by atoms with Gasteiger partial charge >= 0.3 is 0 Å². The van der Waals surface area contributed by atoms with Gasteiger partial charge in [0.1, 0.15) is 11.5 Å². The van der Waals surface area contributed by atoms with Crippen molar-refractivity contribution < 1.29 is 4.74 Å². The standard InChI is InChI=1S/C69H45BN2OS2/c1-68(2,3)41-36-58-64-59(37-41)72(56-29-17-24-47-45-22-8-15-33-63(45)75-67(47)56)65-42-19-5-4-18-40(42)34-35-53(65)70(64)54-39-52-48(38-57(54)71(58)55-28-16-23-46-44-21-7-14-32-62(44)74-66(46)55)43-20-6-9-25-49(43)69(52)50-26-10-12-30-60(50)73-61-31-13-11-27-51(61)69/h4-39H,1-3H3. The number of fused-ring (bicyclic) bond motifs is 21. The zero-order chi connectivity index (χ0) is 49.5. The molecular formula is C69H45BN2OS2. The maximum absolute atomic E-state index is 6.88. The van der Waals surface area contributed by atoms with Gasteiger partial charge in [0.05, 0.1) is 26.2 Å². The summed E-state index contributed by atoms with van der Waals surface area (Å²) in [6.07, 6.45) is 0. The molecule has 1 spiro atoms.